The maximum absolute atomic E-state index is 14.5. The van der Waals surface area contributed by atoms with Gasteiger partial charge in [-0.1, -0.05) is 119 Å². The molecule has 5 rings (SSSR count). The molecule has 4 aromatic rings. The zero-order valence-electron chi connectivity index (χ0n) is 21.1. The highest BCUT2D eigenvalue weighted by Crippen LogP contribution is 2.43. The maximum atomic E-state index is 14.5. The molecule has 0 saturated heterocycles. The first-order valence-electron chi connectivity index (χ1n) is 12.2. The molecular weight excluding hydrogens is 440 g/mol. The van der Waals surface area contributed by atoms with Crippen molar-refractivity contribution in [2.75, 3.05) is 0 Å². The van der Waals surface area contributed by atoms with Gasteiger partial charge in [-0.3, -0.25) is 9.59 Å². The van der Waals surface area contributed by atoms with E-state index in [1.54, 1.807) is 0 Å². The van der Waals surface area contributed by atoms with Gasteiger partial charge >= 0.3 is 0 Å². The molecule has 1 aliphatic rings. The van der Waals surface area contributed by atoms with Crippen LogP contribution in [0, 0.1) is 27.7 Å². The third-order valence-electron chi connectivity index (χ3n) is 6.77. The highest BCUT2D eigenvalue weighted by molar-refractivity contribution is 6.66. The average Bonchev–Trinajstić information content (AvgIpc) is 2.87. The molecule has 0 spiro atoms. The number of aryl methyl sites for hydroxylation is 4. The van der Waals surface area contributed by atoms with Gasteiger partial charge in [0.1, 0.15) is 0 Å². The molecule has 36 heavy (non-hydrogen) atoms. The molecule has 2 nitrogen and oxygen atoms in total. The van der Waals surface area contributed by atoms with Gasteiger partial charge in [-0.15, -0.1) is 0 Å². The lowest BCUT2D eigenvalue weighted by Crippen LogP contribution is -2.22. The molecule has 0 N–H and O–H groups in total. The summed E-state index contributed by atoms with van der Waals surface area (Å²) >= 11 is 0. The predicted molar refractivity (Wildman–Crippen MR) is 148 cm³/mol. The number of carbonyl (C=O) groups is 2. The van der Waals surface area contributed by atoms with Gasteiger partial charge in [0, 0.05) is 22.3 Å². The third kappa shape index (κ3) is 4.27. The number of Topliss-reactive ketones (excluding diaryl/α,β-unsaturated/α-hetero) is 2. The largest absolute Gasteiger partial charge is 0.289 e. The molecular formula is C34H28O2. The van der Waals surface area contributed by atoms with Gasteiger partial charge in [0.25, 0.3) is 0 Å². The van der Waals surface area contributed by atoms with Crippen molar-refractivity contribution in [1.29, 1.82) is 0 Å². The van der Waals surface area contributed by atoms with Gasteiger partial charge in [0.2, 0.25) is 0 Å². The van der Waals surface area contributed by atoms with Gasteiger partial charge in [0.15, 0.2) is 11.6 Å². The summed E-state index contributed by atoms with van der Waals surface area (Å²) < 4.78 is 0. The van der Waals surface area contributed by atoms with E-state index in [0.29, 0.717) is 22.3 Å². The van der Waals surface area contributed by atoms with Crippen molar-refractivity contribution in [1.82, 2.24) is 0 Å². The summed E-state index contributed by atoms with van der Waals surface area (Å²) in [5.41, 5.74) is 9.21. The van der Waals surface area contributed by atoms with E-state index in [-0.39, 0.29) is 11.6 Å². The first kappa shape index (κ1) is 23.4. The van der Waals surface area contributed by atoms with Crippen molar-refractivity contribution in [3.8, 4) is 0 Å². The fraction of sp³-hybridized carbons (Fsp3) is 0.118. The number of benzene rings is 4. The molecule has 0 saturated carbocycles. The van der Waals surface area contributed by atoms with E-state index in [1.807, 2.05) is 125 Å². The Bertz CT molecular complexity index is 1290. The predicted octanol–water partition coefficient (Wildman–Crippen LogP) is 7.59. The van der Waals surface area contributed by atoms with Crippen molar-refractivity contribution in [2.24, 2.45) is 0 Å². The second-order valence-corrected chi connectivity index (χ2v) is 9.62. The van der Waals surface area contributed by atoms with Crippen LogP contribution < -0.4 is 0 Å². The van der Waals surface area contributed by atoms with Crippen LogP contribution in [0.5, 0.6) is 0 Å². The summed E-state index contributed by atoms with van der Waals surface area (Å²) in [4.78, 5) is 29.0. The van der Waals surface area contributed by atoms with Crippen LogP contribution in [0.15, 0.2) is 97.1 Å². The summed E-state index contributed by atoms with van der Waals surface area (Å²) in [6.45, 7) is 8.06. The second kappa shape index (κ2) is 9.39. The van der Waals surface area contributed by atoms with E-state index >= 15 is 0 Å². The van der Waals surface area contributed by atoms with Gasteiger partial charge < -0.3 is 0 Å². The number of allylic oxidation sites excluding steroid dienone is 4. The molecule has 0 aromatic heterocycles. The minimum absolute atomic E-state index is 0.131. The van der Waals surface area contributed by atoms with Crippen LogP contribution >= 0.6 is 0 Å². The summed E-state index contributed by atoms with van der Waals surface area (Å²) in [5.74, 6) is -0.262. The van der Waals surface area contributed by atoms with E-state index in [2.05, 4.69) is 0 Å². The Balaban J connectivity index is 1.84. The van der Waals surface area contributed by atoms with Crippen molar-refractivity contribution in [2.45, 2.75) is 27.7 Å². The Morgan fingerprint density at radius 1 is 0.306 bits per heavy atom. The van der Waals surface area contributed by atoms with Crippen LogP contribution in [0.1, 0.15) is 44.5 Å². The van der Waals surface area contributed by atoms with Crippen LogP contribution in [0.3, 0.4) is 0 Å². The van der Waals surface area contributed by atoms with Gasteiger partial charge in [-0.05, 0) is 49.9 Å². The van der Waals surface area contributed by atoms with Crippen LogP contribution in [-0.2, 0) is 9.59 Å². The first-order valence-corrected chi connectivity index (χ1v) is 12.2. The molecule has 0 amide bonds. The van der Waals surface area contributed by atoms with Crippen molar-refractivity contribution in [3.63, 3.8) is 0 Å². The van der Waals surface area contributed by atoms with Gasteiger partial charge in [-0.2, -0.15) is 0 Å². The van der Waals surface area contributed by atoms with Crippen molar-refractivity contribution >= 4 is 33.9 Å². The Labute approximate surface area is 212 Å². The molecule has 0 radical (unpaired) electrons. The molecule has 176 valence electrons. The Morgan fingerprint density at radius 3 is 0.639 bits per heavy atom. The first-order chi connectivity index (χ1) is 17.3. The second-order valence-electron chi connectivity index (χ2n) is 9.62. The summed E-state index contributed by atoms with van der Waals surface area (Å²) in [7, 11) is 0. The quantitative estimate of drug-likeness (QED) is 0.289. The highest BCUT2D eigenvalue weighted by Gasteiger charge is 2.37. The fourth-order valence-electron chi connectivity index (χ4n) is 4.69. The Morgan fingerprint density at radius 2 is 0.472 bits per heavy atom. The highest BCUT2D eigenvalue weighted by atomic mass is 16.1. The molecule has 0 atom stereocenters. The average molecular weight is 469 g/mol. The molecule has 1 aliphatic carbocycles. The zero-order valence-corrected chi connectivity index (χ0v) is 21.1. The van der Waals surface area contributed by atoms with E-state index in [0.717, 1.165) is 44.5 Å². The van der Waals surface area contributed by atoms with E-state index in [4.69, 9.17) is 0 Å². The lowest BCUT2D eigenvalue weighted by molar-refractivity contribution is -0.111. The summed E-state index contributed by atoms with van der Waals surface area (Å²) in [6.07, 6.45) is 0. The topological polar surface area (TPSA) is 34.1 Å². The lowest BCUT2D eigenvalue weighted by atomic mass is 9.74. The minimum Gasteiger partial charge on any atom is -0.289 e. The molecule has 2 heteroatoms. The molecule has 4 aromatic carbocycles. The number of rotatable bonds is 4. The van der Waals surface area contributed by atoms with Gasteiger partial charge in [-0.25, -0.2) is 0 Å². The number of hydrogen-bond donors (Lipinski definition) is 0. The molecule has 0 fully saturated rings. The lowest BCUT2D eigenvalue weighted by Gasteiger charge is -2.25. The monoisotopic (exact) mass is 468 g/mol. The van der Waals surface area contributed by atoms with Crippen LogP contribution in [0.25, 0.3) is 22.3 Å². The summed E-state index contributed by atoms with van der Waals surface area (Å²) in [5, 5.41) is 0. The van der Waals surface area contributed by atoms with Crippen molar-refractivity contribution in [3.05, 3.63) is 142 Å². The third-order valence-corrected chi connectivity index (χ3v) is 6.77. The van der Waals surface area contributed by atoms with Crippen molar-refractivity contribution < 1.29 is 9.59 Å². The summed E-state index contributed by atoms with van der Waals surface area (Å²) in [6, 6.07) is 31.4. The molecule has 0 heterocycles. The number of carbonyl (C=O) groups excluding carboxylic acids is 2. The van der Waals surface area contributed by atoms with E-state index in [9.17, 15) is 9.59 Å². The Kier molecular flexibility index (Phi) is 6.12. The maximum Gasteiger partial charge on any atom is 0.195 e. The standard InChI is InChI=1S/C34H28O2/c1-21-5-13-25(14-6-21)29-30(26-15-7-22(2)8-16-26)34(36)32(28-19-11-24(4)12-20-28)31(33(29)35)27-17-9-23(3)10-18-27/h5-20H,1-4H3. The minimum atomic E-state index is -0.131. The molecule has 0 aliphatic heterocycles. The SMILES string of the molecule is Cc1ccc(C2=C(c3ccc(C)cc3)C(=O)C(c3ccc(C)cc3)=C(c3ccc(C)cc3)C2=O)cc1. The number of hydrogen-bond acceptors (Lipinski definition) is 2. The van der Waals surface area contributed by atoms with Crippen LogP contribution in [-0.4, -0.2) is 11.6 Å². The van der Waals surface area contributed by atoms with E-state index < -0.39 is 0 Å². The van der Waals surface area contributed by atoms with E-state index in [1.165, 1.54) is 0 Å². The molecule has 0 unspecified atom stereocenters. The van der Waals surface area contributed by atoms with Crippen LogP contribution in [0.4, 0.5) is 0 Å². The molecule has 0 bridgehead atoms. The fourth-order valence-corrected chi connectivity index (χ4v) is 4.69. The zero-order chi connectivity index (χ0) is 25.4. The smallest absolute Gasteiger partial charge is 0.195 e. The normalized spacial score (nSPS) is 14.0. The van der Waals surface area contributed by atoms with Gasteiger partial charge in [0.05, 0.1) is 0 Å². The van der Waals surface area contributed by atoms with Crippen LogP contribution in [0.2, 0.25) is 0 Å². The number of ketones is 2. The Hall–Kier alpha value is -4.30.